The third kappa shape index (κ3) is 5.87. The lowest BCUT2D eigenvalue weighted by Crippen LogP contribution is -2.29. The molecule has 1 aromatic heterocycles. The minimum atomic E-state index is -3.82. The fourth-order valence-corrected chi connectivity index (χ4v) is 5.81. The second-order valence-electron chi connectivity index (χ2n) is 7.90. The molecule has 0 aliphatic carbocycles. The second-order valence-corrected chi connectivity index (χ2v) is 11.0. The summed E-state index contributed by atoms with van der Waals surface area (Å²) in [6.45, 7) is 3.71. The van der Waals surface area contributed by atoms with Crippen LogP contribution in [0.3, 0.4) is 0 Å². The highest BCUT2D eigenvalue weighted by Gasteiger charge is 2.25. The lowest BCUT2D eigenvalue weighted by Gasteiger charge is -2.18. The molecular weight excluding hydrogens is 504 g/mol. The number of rotatable bonds is 9. The summed E-state index contributed by atoms with van der Waals surface area (Å²) in [5, 5.41) is 10.00. The first-order chi connectivity index (χ1) is 16.8. The molecule has 0 amide bonds. The highest BCUT2D eigenvalue weighted by molar-refractivity contribution is 7.98. The molecule has 1 atom stereocenters. The zero-order chi connectivity index (χ0) is 25.0. The van der Waals surface area contributed by atoms with Crippen molar-refractivity contribution in [2.24, 2.45) is 0 Å². The van der Waals surface area contributed by atoms with Crippen LogP contribution in [-0.2, 0) is 15.8 Å². The number of ether oxygens (including phenoxy) is 1. The van der Waals surface area contributed by atoms with Crippen molar-refractivity contribution in [1.29, 1.82) is 0 Å². The lowest BCUT2D eigenvalue weighted by atomic mass is 10.2. The Labute approximate surface area is 214 Å². The minimum Gasteiger partial charge on any atom is -0.497 e. The molecule has 1 unspecified atom stereocenters. The van der Waals surface area contributed by atoms with E-state index >= 15 is 0 Å². The van der Waals surface area contributed by atoms with Gasteiger partial charge in [0.15, 0.2) is 11.0 Å². The van der Waals surface area contributed by atoms with E-state index in [0.29, 0.717) is 27.5 Å². The molecule has 0 bridgehead atoms. The highest BCUT2D eigenvalue weighted by Crippen LogP contribution is 2.31. The molecule has 4 rings (SSSR count). The van der Waals surface area contributed by atoms with E-state index in [-0.39, 0.29) is 4.90 Å². The predicted octanol–water partition coefficient (Wildman–Crippen LogP) is 5.57. The molecule has 0 aliphatic heterocycles. The van der Waals surface area contributed by atoms with Gasteiger partial charge in [0.2, 0.25) is 10.0 Å². The molecule has 0 spiro atoms. The summed E-state index contributed by atoms with van der Waals surface area (Å²) in [7, 11) is -2.29. The Morgan fingerprint density at radius 1 is 1.06 bits per heavy atom. The molecule has 7 nitrogen and oxygen atoms in total. The van der Waals surface area contributed by atoms with Crippen LogP contribution in [0.25, 0.3) is 5.69 Å². The van der Waals surface area contributed by atoms with Crippen LogP contribution in [0.2, 0.25) is 5.02 Å². The van der Waals surface area contributed by atoms with Crippen LogP contribution in [-0.4, -0.2) is 30.3 Å². The fourth-order valence-electron chi connectivity index (χ4n) is 3.54. The molecule has 0 fully saturated rings. The van der Waals surface area contributed by atoms with E-state index in [9.17, 15) is 8.42 Å². The number of sulfonamides is 1. The topological polar surface area (TPSA) is 86.1 Å². The maximum atomic E-state index is 13.1. The third-order valence-electron chi connectivity index (χ3n) is 5.37. The number of aromatic nitrogens is 3. The Bertz CT molecular complexity index is 1410. The number of thioether (sulfide) groups is 1. The summed E-state index contributed by atoms with van der Waals surface area (Å²) in [5.74, 6) is 1.72. The molecule has 10 heteroatoms. The molecule has 1 heterocycles. The number of benzene rings is 3. The van der Waals surface area contributed by atoms with Crippen molar-refractivity contribution in [1.82, 2.24) is 19.5 Å². The number of aryl methyl sites for hydroxylation is 1. The number of nitrogens with one attached hydrogen (secondary N) is 1. The van der Waals surface area contributed by atoms with Crippen LogP contribution in [0.1, 0.15) is 29.9 Å². The molecule has 0 saturated heterocycles. The monoisotopic (exact) mass is 528 g/mol. The zero-order valence-corrected chi connectivity index (χ0v) is 21.9. The number of nitrogens with zero attached hydrogens (tertiary/aromatic N) is 3. The molecule has 1 N–H and O–H groups in total. The van der Waals surface area contributed by atoms with E-state index in [1.165, 1.54) is 31.0 Å². The van der Waals surface area contributed by atoms with Crippen LogP contribution >= 0.6 is 23.4 Å². The zero-order valence-electron chi connectivity index (χ0n) is 19.5. The van der Waals surface area contributed by atoms with E-state index in [0.717, 1.165) is 16.8 Å². The molecule has 4 aromatic rings. The molecular formula is C25H25ClN4O3S2. The van der Waals surface area contributed by atoms with Crippen molar-refractivity contribution in [3.63, 3.8) is 0 Å². The van der Waals surface area contributed by atoms with E-state index in [4.69, 9.17) is 16.3 Å². The van der Waals surface area contributed by atoms with Crippen molar-refractivity contribution < 1.29 is 13.2 Å². The first kappa shape index (κ1) is 25.2. The highest BCUT2D eigenvalue weighted by atomic mass is 35.5. The van der Waals surface area contributed by atoms with Crippen molar-refractivity contribution in [2.45, 2.75) is 35.7 Å². The van der Waals surface area contributed by atoms with Crippen molar-refractivity contribution >= 4 is 33.4 Å². The van der Waals surface area contributed by atoms with Gasteiger partial charge >= 0.3 is 0 Å². The summed E-state index contributed by atoms with van der Waals surface area (Å²) in [6.07, 6.45) is 0. The van der Waals surface area contributed by atoms with Crippen LogP contribution in [0.4, 0.5) is 0 Å². The maximum absolute atomic E-state index is 13.1. The first-order valence-corrected chi connectivity index (χ1v) is 13.7. The number of hydrogen-bond acceptors (Lipinski definition) is 6. The summed E-state index contributed by atoms with van der Waals surface area (Å²) < 4.78 is 35.9. The van der Waals surface area contributed by atoms with Gasteiger partial charge in [-0.1, -0.05) is 59.8 Å². The SMILES string of the molecule is COc1ccc(S(=O)(=O)NC(C)c2nnc(SCc3ccccc3)n2-c2cc(Cl)ccc2C)cc1. The van der Waals surface area contributed by atoms with E-state index < -0.39 is 16.1 Å². The molecule has 35 heavy (non-hydrogen) atoms. The van der Waals surface area contributed by atoms with Crippen molar-refractivity contribution in [2.75, 3.05) is 7.11 Å². The summed E-state index contributed by atoms with van der Waals surface area (Å²) >= 11 is 7.84. The van der Waals surface area contributed by atoms with Crippen LogP contribution in [0.15, 0.2) is 82.8 Å². The Balaban J connectivity index is 1.69. The Hall–Kier alpha value is -2.85. The summed E-state index contributed by atoms with van der Waals surface area (Å²) in [5.41, 5.74) is 2.90. The van der Waals surface area contributed by atoms with Gasteiger partial charge in [-0.2, -0.15) is 0 Å². The van der Waals surface area contributed by atoms with Gasteiger partial charge in [-0.3, -0.25) is 4.57 Å². The van der Waals surface area contributed by atoms with Gasteiger partial charge in [0, 0.05) is 10.8 Å². The van der Waals surface area contributed by atoms with Crippen LogP contribution in [0, 0.1) is 6.92 Å². The molecule has 0 saturated carbocycles. The van der Waals surface area contributed by atoms with Gasteiger partial charge in [-0.05, 0) is 61.4 Å². The average molecular weight is 529 g/mol. The van der Waals surface area contributed by atoms with Gasteiger partial charge in [0.25, 0.3) is 0 Å². The van der Waals surface area contributed by atoms with Gasteiger partial charge in [-0.15, -0.1) is 10.2 Å². The number of hydrogen-bond donors (Lipinski definition) is 1. The molecule has 0 aliphatic rings. The fraction of sp³-hybridized carbons (Fsp3) is 0.200. The van der Waals surface area contributed by atoms with Crippen molar-refractivity contribution in [3.05, 3.63) is 94.8 Å². The maximum Gasteiger partial charge on any atom is 0.241 e. The van der Waals surface area contributed by atoms with Gasteiger partial charge < -0.3 is 4.74 Å². The van der Waals surface area contributed by atoms with Gasteiger partial charge in [0.05, 0.1) is 23.7 Å². The lowest BCUT2D eigenvalue weighted by molar-refractivity contribution is 0.414. The Morgan fingerprint density at radius 3 is 2.46 bits per heavy atom. The van der Waals surface area contributed by atoms with E-state index in [2.05, 4.69) is 14.9 Å². The normalized spacial score (nSPS) is 12.5. The number of halogens is 1. The quantitative estimate of drug-likeness (QED) is 0.286. The Morgan fingerprint density at radius 2 is 1.77 bits per heavy atom. The van der Waals surface area contributed by atoms with Gasteiger partial charge in [-0.25, -0.2) is 13.1 Å². The number of methoxy groups -OCH3 is 1. The van der Waals surface area contributed by atoms with Crippen molar-refractivity contribution in [3.8, 4) is 11.4 Å². The third-order valence-corrected chi connectivity index (χ3v) is 8.16. The summed E-state index contributed by atoms with van der Waals surface area (Å²) in [4.78, 5) is 0.133. The van der Waals surface area contributed by atoms with E-state index in [1.54, 1.807) is 19.1 Å². The largest absolute Gasteiger partial charge is 0.497 e. The second kappa shape index (κ2) is 10.8. The summed E-state index contributed by atoms with van der Waals surface area (Å²) in [6, 6.07) is 21.2. The standard InChI is InChI=1S/C25H25ClN4O3S2/c1-17-9-10-20(26)15-23(17)30-24(27-28-25(30)34-16-19-7-5-4-6-8-19)18(2)29-35(31,32)22-13-11-21(33-3)12-14-22/h4-15,18,29H,16H2,1-3H3. The minimum absolute atomic E-state index is 0.133. The molecule has 3 aromatic carbocycles. The average Bonchev–Trinajstić information content (AvgIpc) is 3.28. The van der Waals surface area contributed by atoms with Gasteiger partial charge in [0.1, 0.15) is 5.75 Å². The van der Waals surface area contributed by atoms with E-state index in [1.807, 2.05) is 60.0 Å². The first-order valence-electron chi connectivity index (χ1n) is 10.8. The molecule has 0 radical (unpaired) electrons. The predicted molar refractivity (Wildman–Crippen MR) is 139 cm³/mol. The Kier molecular flexibility index (Phi) is 7.81. The smallest absolute Gasteiger partial charge is 0.241 e. The van der Waals surface area contributed by atoms with Crippen LogP contribution < -0.4 is 9.46 Å². The molecule has 182 valence electrons. The van der Waals surface area contributed by atoms with Crippen LogP contribution in [0.5, 0.6) is 5.75 Å².